The highest BCUT2D eigenvalue weighted by Gasteiger charge is 2.42. The third kappa shape index (κ3) is 4.24. The van der Waals surface area contributed by atoms with Crippen LogP contribution in [0.4, 0.5) is 0 Å². The summed E-state index contributed by atoms with van der Waals surface area (Å²) in [7, 11) is -2.11. The van der Waals surface area contributed by atoms with Gasteiger partial charge in [-0.2, -0.15) is 4.31 Å². The summed E-state index contributed by atoms with van der Waals surface area (Å²) in [6, 6.07) is 4.71. The summed E-state index contributed by atoms with van der Waals surface area (Å²) in [5.74, 6) is 2.19. The molecule has 3 fully saturated rings. The molecule has 2 bridgehead atoms. The zero-order valence-corrected chi connectivity index (χ0v) is 18.9. The summed E-state index contributed by atoms with van der Waals surface area (Å²) in [6.45, 7) is 3.15. The highest BCUT2D eigenvalue weighted by Crippen LogP contribution is 2.49. The van der Waals surface area contributed by atoms with Crippen LogP contribution in [0.2, 0.25) is 0 Å². The lowest BCUT2D eigenvalue weighted by atomic mass is 9.84. The lowest BCUT2D eigenvalue weighted by molar-refractivity contribution is 0.0912. The zero-order valence-electron chi connectivity index (χ0n) is 18.1. The molecule has 3 aliphatic rings. The summed E-state index contributed by atoms with van der Waals surface area (Å²) in [6.07, 6.45) is 8.94. The number of methoxy groups -OCH3 is 1. The molecular weight excluding hydrogens is 400 g/mol. The summed E-state index contributed by atoms with van der Waals surface area (Å²) in [5, 5.41) is 3.14. The van der Waals surface area contributed by atoms with Crippen molar-refractivity contribution < 1.29 is 17.9 Å². The molecule has 4 rings (SSSR count). The molecule has 1 aliphatic heterocycles. The molecule has 1 heterocycles. The van der Waals surface area contributed by atoms with Gasteiger partial charge in [-0.1, -0.05) is 19.3 Å². The number of hydrogen-bond acceptors (Lipinski definition) is 4. The second kappa shape index (κ2) is 8.87. The van der Waals surface area contributed by atoms with Gasteiger partial charge in [0.05, 0.1) is 17.6 Å². The van der Waals surface area contributed by atoms with Gasteiger partial charge >= 0.3 is 0 Å². The van der Waals surface area contributed by atoms with E-state index >= 15 is 0 Å². The number of ether oxygens (including phenoxy) is 1. The van der Waals surface area contributed by atoms with Crippen molar-refractivity contribution in [3.8, 4) is 5.75 Å². The van der Waals surface area contributed by atoms with Gasteiger partial charge in [-0.3, -0.25) is 4.79 Å². The molecule has 0 spiro atoms. The maximum absolute atomic E-state index is 13.2. The summed E-state index contributed by atoms with van der Waals surface area (Å²) >= 11 is 0. The Balaban J connectivity index is 1.54. The van der Waals surface area contributed by atoms with Crippen molar-refractivity contribution in [3.63, 3.8) is 0 Å². The molecule has 0 unspecified atom stereocenters. The summed E-state index contributed by atoms with van der Waals surface area (Å²) in [5.41, 5.74) is 0.295. The Bertz CT molecular complexity index is 877. The predicted molar refractivity (Wildman–Crippen MR) is 116 cm³/mol. The van der Waals surface area contributed by atoms with Gasteiger partial charge in [0.2, 0.25) is 10.0 Å². The minimum Gasteiger partial charge on any atom is -0.496 e. The maximum Gasteiger partial charge on any atom is 0.255 e. The smallest absolute Gasteiger partial charge is 0.255 e. The van der Waals surface area contributed by atoms with Gasteiger partial charge in [-0.25, -0.2) is 8.42 Å². The number of carbonyl (C=O) groups is 1. The Morgan fingerprint density at radius 2 is 1.87 bits per heavy atom. The second-order valence-electron chi connectivity index (χ2n) is 9.28. The predicted octanol–water partition coefficient (Wildman–Crippen LogP) is 3.81. The fourth-order valence-electron chi connectivity index (χ4n) is 5.75. The average molecular weight is 435 g/mol. The molecule has 0 aromatic heterocycles. The van der Waals surface area contributed by atoms with Gasteiger partial charge in [-0.05, 0) is 75.0 Å². The molecule has 1 N–H and O–H groups in total. The number of nitrogens with one attached hydrogen (secondary N) is 1. The molecule has 1 aromatic carbocycles. The number of fused-ring (bicyclic) bond motifs is 2. The fraction of sp³-hybridized carbons (Fsp3) is 0.696. The molecule has 0 radical (unpaired) electrons. The Morgan fingerprint density at radius 3 is 2.47 bits per heavy atom. The summed E-state index contributed by atoms with van der Waals surface area (Å²) in [4.78, 5) is 13.3. The van der Waals surface area contributed by atoms with Crippen LogP contribution >= 0.6 is 0 Å². The van der Waals surface area contributed by atoms with Gasteiger partial charge in [0.25, 0.3) is 5.91 Å². The lowest BCUT2D eigenvalue weighted by Gasteiger charge is -2.28. The second-order valence-corrected chi connectivity index (χ2v) is 11.2. The normalized spacial score (nSPS) is 28.1. The van der Waals surface area contributed by atoms with Gasteiger partial charge < -0.3 is 10.1 Å². The minimum absolute atomic E-state index is 0.0726. The van der Waals surface area contributed by atoms with E-state index < -0.39 is 10.0 Å². The van der Waals surface area contributed by atoms with E-state index in [9.17, 15) is 13.2 Å². The van der Waals surface area contributed by atoms with E-state index in [1.165, 1.54) is 38.9 Å². The molecule has 4 atom stereocenters. The number of amides is 1. The van der Waals surface area contributed by atoms with Crippen molar-refractivity contribution in [1.29, 1.82) is 0 Å². The van der Waals surface area contributed by atoms with Crippen molar-refractivity contribution >= 4 is 15.9 Å². The van der Waals surface area contributed by atoms with E-state index in [0.717, 1.165) is 31.6 Å². The molecule has 1 aromatic rings. The van der Waals surface area contributed by atoms with Gasteiger partial charge in [0.1, 0.15) is 5.75 Å². The zero-order chi connectivity index (χ0) is 21.3. The van der Waals surface area contributed by atoms with E-state index in [0.29, 0.717) is 36.2 Å². The molecule has 30 heavy (non-hydrogen) atoms. The number of rotatable bonds is 6. The number of nitrogens with zero attached hydrogens (tertiary/aromatic N) is 1. The third-order valence-electron chi connectivity index (χ3n) is 7.41. The molecule has 2 aliphatic carbocycles. The Morgan fingerprint density at radius 1 is 1.13 bits per heavy atom. The van der Waals surface area contributed by atoms with Gasteiger partial charge in [0, 0.05) is 19.1 Å². The SMILES string of the molecule is COc1ccc(S(=O)(=O)N2CCCCCC2)cc1C(=O)N[C@@H](C)[C@H]1C[C@H]2CC[C@H]1C2. The first-order chi connectivity index (χ1) is 14.4. The number of sulfonamides is 1. The molecule has 7 heteroatoms. The first-order valence-electron chi connectivity index (χ1n) is 11.4. The largest absolute Gasteiger partial charge is 0.496 e. The summed E-state index contributed by atoms with van der Waals surface area (Å²) < 4.78 is 33.3. The van der Waals surface area contributed by atoms with Crippen LogP contribution in [-0.4, -0.2) is 44.9 Å². The van der Waals surface area contributed by atoms with Crippen molar-refractivity contribution in [2.75, 3.05) is 20.2 Å². The molecule has 1 amide bonds. The molecule has 6 nitrogen and oxygen atoms in total. The van der Waals surface area contributed by atoms with Crippen molar-refractivity contribution in [1.82, 2.24) is 9.62 Å². The van der Waals surface area contributed by atoms with Crippen molar-refractivity contribution in [3.05, 3.63) is 23.8 Å². The van der Waals surface area contributed by atoms with Crippen molar-refractivity contribution in [2.24, 2.45) is 17.8 Å². The number of benzene rings is 1. The number of hydrogen-bond donors (Lipinski definition) is 1. The molecule has 166 valence electrons. The van der Waals surface area contributed by atoms with Crippen LogP contribution < -0.4 is 10.1 Å². The highest BCUT2D eigenvalue weighted by molar-refractivity contribution is 7.89. The van der Waals surface area contributed by atoms with Crippen LogP contribution in [0.1, 0.15) is 68.6 Å². The number of carbonyl (C=O) groups excluding carboxylic acids is 1. The minimum atomic E-state index is -3.62. The van der Waals surface area contributed by atoms with Gasteiger partial charge in [0.15, 0.2) is 0 Å². The van der Waals surface area contributed by atoms with E-state index in [2.05, 4.69) is 12.2 Å². The van der Waals surface area contributed by atoms with Crippen LogP contribution in [0.15, 0.2) is 23.1 Å². The van der Waals surface area contributed by atoms with E-state index in [-0.39, 0.29) is 16.8 Å². The monoisotopic (exact) mass is 434 g/mol. The fourth-order valence-corrected chi connectivity index (χ4v) is 7.30. The van der Waals surface area contributed by atoms with E-state index in [4.69, 9.17) is 4.74 Å². The van der Waals surface area contributed by atoms with E-state index in [1.54, 1.807) is 16.4 Å². The van der Waals surface area contributed by atoms with Crippen LogP contribution in [0.3, 0.4) is 0 Å². The average Bonchev–Trinajstić information content (AvgIpc) is 3.27. The highest BCUT2D eigenvalue weighted by atomic mass is 32.2. The van der Waals surface area contributed by atoms with Crippen molar-refractivity contribution in [2.45, 2.75) is 69.2 Å². The Hall–Kier alpha value is -1.60. The van der Waals surface area contributed by atoms with Crippen LogP contribution in [-0.2, 0) is 10.0 Å². The first-order valence-corrected chi connectivity index (χ1v) is 12.8. The molecule has 1 saturated heterocycles. The van der Waals surface area contributed by atoms with Gasteiger partial charge in [-0.15, -0.1) is 0 Å². The topological polar surface area (TPSA) is 75.7 Å². The van der Waals surface area contributed by atoms with Crippen LogP contribution in [0.25, 0.3) is 0 Å². The molecule has 2 saturated carbocycles. The third-order valence-corrected chi connectivity index (χ3v) is 9.31. The quantitative estimate of drug-likeness (QED) is 0.739. The molecular formula is C23H34N2O4S. The Labute approximate surface area is 180 Å². The van der Waals surface area contributed by atoms with Crippen LogP contribution in [0, 0.1) is 17.8 Å². The standard InChI is InChI=1S/C23H34N2O4S/c1-16(20-14-17-7-8-18(20)13-17)24-23(26)21-15-19(9-10-22(21)29-2)30(27,28)25-11-5-3-4-6-12-25/h9-10,15-18,20H,3-8,11-14H2,1-2H3,(H,24,26)/t16-,17-,18-,20+/m0/s1. The first kappa shape index (κ1) is 21.6. The Kier molecular flexibility index (Phi) is 6.39. The van der Waals surface area contributed by atoms with Crippen LogP contribution in [0.5, 0.6) is 5.75 Å². The van der Waals surface area contributed by atoms with E-state index in [1.807, 2.05) is 0 Å². The lowest BCUT2D eigenvalue weighted by Crippen LogP contribution is -2.40. The maximum atomic E-state index is 13.2.